The molecule has 0 fully saturated rings. The summed E-state index contributed by atoms with van der Waals surface area (Å²) in [6.07, 6.45) is 4.81. The molecule has 106 valence electrons. The molecule has 2 rings (SSSR count). The molecule has 0 aliphatic rings. The molecule has 0 radical (unpaired) electrons. The van der Waals surface area contributed by atoms with Crippen LogP contribution in [0.1, 0.15) is 38.1 Å². The Bertz CT molecular complexity index is 552. The molecular weight excluding hydrogens is 248 g/mol. The first-order valence-electron chi connectivity index (χ1n) is 7.29. The number of pyridine rings is 1. The van der Waals surface area contributed by atoms with Crippen LogP contribution in [0.4, 0.5) is 5.82 Å². The average molecular weight is 270 g/mol. The van der Waals surface area contributed by atoms with Crippen LogP contribution >= 0.6 is 0 Å². The molecule has 0 saturated carbocycles. The third-order valence-corrected chi connectivity index (χ3v) is 3.12. The average Bonchev–Trinajstić information content (AvgIpc) is 2.48. The third-order valence-electron chi connectivity index (χ3n) is 3.12. The van der Waals surface area contributed by atoms with Crippen molar-refractivity contribution in [1.29, 1.82) is 0 Å². The molecule has 0 amide bonds. The van der Waals surface area contributed by atoms with Crippen LogP contribution in [-0.2, 0) is 6.42 Å². The lowest BCUT2D eigenvalue weighted by Crippen LogP contribution is -2.09. The van der Waals surface area contributed by atoms with Crippen LogP contribution in [0.3, 0.4) is 0 Å². The molecule has 0 aromatic carbocycles. The number of anilines is 1. The number of rotatable bonds is 6. The fraction of sp³-hybridized carbons (Fsp3) is 0.438. The molecule has 4 heteroatoms. The molecular formula is C16H22N4. The fourth-order valence-electron chi connectivity index (χ4n) is 2.07. The van der Waals surface area contributed by atoms with Crippen LogP contribution < -0.4 is 5.32 Å². The highest BCUT2D eigenvalue weighted by molar-refractivity contribution is 5.65. The van der Waals surface area contributed by atoms with E-state index in [4.69, 9.17) is 0 Å². The maximum atomic E-state index is 4.69. The van der Waals surface area contributed by atoms with Gasteiger partial charge in [-0.1, -0.05) is 19.9 Å². The van der Waals surface area contributed by atoms with E-state index in [1.807, 2.05) is 18.2 Å². The Kier molecular flexibility index (Phi) is 5.04. The molecule has 0 spiro atoms. The highest BCUT2D eigenvalue weighted by Crippen LogP contribution is 2.24. The molecule has 0 aliphatic carbocycles. The lowest BCUT2D eigenvalue weighted by atomic mass is 10.1. The summed E-state index contributed by atoms with van der Waals surface area (Å²) in [6, 6.07) is 5.90. The van der Waals surface area contributed by atoms with Crippen molar-refractivity contribution < 1.29 is 0 Å². The Hall–Kier alpha value is -1.97. The van der Waals surface area contributed by atoms with Crippen molar-refractivity contribution in [3.8, 4) is 11.4 Å². The van der Waals surface area contributed by atoms with Crippen molar-refractivity contribution in [2.24, 2.45) is 0 Å². The van der Waals surface area contributed by atoms with Gasteiger partial charge in [-0.25, -0.2) is 9.97 Å². The lowest BCUT2D eigenvalue weighted by molar-refractivity contribution is 0.829. The quantitative estimate of drug-likeness (QED) is 0.871. The maximum absolute atomic E-state index is 4.69. The Labute approximate surface area is 120 Å². The summed E-state index contributed by atoms with van der Waals surface area (Å²) in [5.41, 5.74) is 2.91. The number of aryl methyl sites for hydroxylation is 1. The van der Waals surface area contributed by atoms with E-state index in [2.05, 4.69) is 41.0 Å². The Morgan fingerprint density at radius 3 is 2.60 bits per heavy atom. The summed E-state index contributed by atoms with van der Waals surface area (Å²) in [6.45, 7) is 7.27. The summed E-state index contributed by atoms with van der Waals surface area (Å²) >= 11 is 0. The van der Waals surface area contributed by atoms with Crippen molar-refractivity contribution in [1.82, 2.24) is 15.0 Å². The van der Waals surface area contributed by atoms with Gasteiger partial charge >= 0.3 is 0 Å². The molecule has 0 aliphatic heterocycles. The van der Waals surface area contributed by atoms with Crippen molar-refractivity contribution in [3.63, 3.8) is 0 Å². The van der Waals surface area contributed by atoms with Gasteiger partial charge in [0.15, 0.2) is 0 Å². The molecule has 0 saturated heterocycles. The molecule has 2 aromatic rings. The van der Waals surface area contributed by atoms with E-state index < -0.39 is 0 Å². The van der Waals surface area contributed by atoms with Crippen LogP contribution in [0.25, 0.3) is 11.4 Å². The van der Waals surface area contributed by atoms with E-state index in [-0.39, 0.29) is 0 Å². The molecule has 2 heterocycles. The van der Waals surface area contributed by atoms with Crippen LogP contribution in [0, 0.1) is 6.92 Å². The van der Waals surface area contributed by atoms with Crippen LogP contribution in [0.5, 0.6) is 0 Å². The summed E-state index contributed by atoms with van der Waals surface area (Å²) in [5, 5.41) is 3.39. The number of nitrogens with zero attached hydrogens (tertiary/aromatic N) is 3. The number of hydrogen-bond acceptors (Lipinski definition) is 4. The summed E-state index contributed by atoms with van der Waals surface area (Å²) in [5.74, 6) is 1.82. The fourth-order valence-corrected chi connectivity index (χ4v) is 2.07. The van der Waals surface area contributed by atoms with Crippen LogP contribution in [0.2, 0.25) is 0 Å². The lowest BCUT2D eigenvalue weighted by Gasteiger charge is -2.13. The van der Waals surface area contributed by atoms with Gasteiger partial charge in [-0.2, -0.15) is 0 Å². The molecule has 2 aromatic heterocycles. The van der Waals surface area contributed by atoms with Gasteiger partial charge in [0.25, 0.3) is 0 Å². The first kappa shape index (κ1) is 14.4. The highest BCUT2D eigenvalue weighted by atomic mass is 15.0. The van der Waals surface area contributed by atoms with E-state index in [9.17, 15) is 0 Å². The third kappa shape index (κ3) is 3.32. The van der Waals surface area contributed by atoms with Crippen molar-refractivity contribution in [2.75, 3.05) is 11.9 Å². The van der Waals surface area contributed by atoms with E-state index in [0.717, 1.165) is 54.4 Å². The van der Waals surface area contributed by atoms with Gasteiger partial charge in [-0.3, -0.25) is 4.98 Å². The zero-order chi connectivity index (χ0) is 14.4. The number of aromatic nitrogens is 3. The van der Waals surface area contributed by atoms with Gasteiger partial charge in [0.2, 0.25) is 0 Å². The monoisotopic (exact) mass is 270 g/mol. The van der Waals surface area contributed by atoms with E-state index >= 15 is 0 Å². The Morgan fingerprint density at radius 2 is 1.95 bits per heavy atom. The minimum atomic E-state index is 0.886. The topological polar surface area (TPSA) is 50.7 Å². The normalized spacial score (nSPS) is 10.6. The highest BCUT2D eigenvalue weighted by Gasteiger charge is 2.12. The second kappa shape index (κ2) is 6.98. The van der Waals surface area contributed by atoms with Crippen molar-refractivity contribution in [2.45, 2.75) is 40.0 Å². The minimum Gasteiger partial charge on any atom is -0.370 e. The van der Waals surface area contributed by atoms with Gasteiger partial charge < -0.3 is 5.32 Å². The zero-order valence-electron chi connectivity index (χ0n) is 12.5. The molecule has 4 nitrogen and oxygen atoms in total. The zero-order valence-corrected chi connectivity index (χ0v) is 12.5. The largest absolute Gasteiger partial charge is 0.370 e. The first-order chi connectivity index (χ1) is 9.76. The predicted molar refractivity (Wildman–Crippen MR) is 82.8 cm³/mol. The minimum absolute atomic E-state index is 0.886. The Morgan fingerprint density at radius 1 is 1.10 bits per heavy atom. The van der Waals surface area contributed by atoms with E-state index in [1.54, 1.807) is 6.20 Å². The SMILES string of the molecule is CCCNc1nc(CCC)nc(-c2ccccn2)c1C. The predicted octanol–water partition coefficient (Wildman–Crippen LogP) is 3.62. The van der Waals surface area contributed by atoms with Crippen LogP contribution in [0.15, 0.2) is 24.4 Å². The Balaban J connectivity index is 2.46. The summed E-state index contributed by atoms with van der Waals surface area (Å²) in [7, 11) is 0. The summed E-state index contributed by atoms with van der Waals surface area (Å²) in [4.78, 5) is 13.7. The number of hydrogen-bond donors (Lipinski definition) is 1. The second-order valence-corrected chi connectivity index (χ2v) is 4.85. The van der Waals surface area contributed by atoms with Gasteiger partial charge in [-0.05, 0) is 31.9 Å². The van der Waals surface area contributed by atoms with Gasteiger partial charge in [0, 0.05) is 24.7 Å². The smallest absolute Gasteiger partial charge is 0.133 e. The maximum Gasteiger partial charge on any atom is 0.133 e. The molecule has 0 unspecified atom stereocenters. The van der Waals surface area contributed by atoms with E-state index in [0.29, 0.717) is 0 Å². The molecule has 20 heavy (non-hydrogen) atoms. The molecule has 0 bridgehead atoms. The first-order valence-corrected chi connectivity index (χ1v) is 7.29. The van der Waals surface area contributed by atoms with E-state index in [1.165, 1.54) is 0 Å². The molecule has 1 N–H and O–H groups in total. The van der Waals surface area contributed by atoms with Gasteiger partial charge in [0.1, 0.15) is 11.6 Å². The van der Waals surface area contributed by atoms with Crippen molar-refractivity contribution >= 4 is 5.82 Å². The second-order valence-electron chi connectivity index (χ2n) is 4.85. The van der Waals surface area contributed by atoms with Crippen LogP contribution in [-0.4, -0.2) is 21.5 Å². The number of nitrogens with one attached hydrogen (secondary N) is 1. The van der Waals surface area contributed by atoms with Crippen molar-refractivity contribution in [3.05, 3.63) is 35.8 Å². The van der Waals surface area contributed by atoms with Gasteiger partial charge in [-0.15, -0.1) is 0 Å². The standard InChI is InChI=1S/C16H22N4/c1-4-8-14-19-15(13-9-6-7-11-17-13)12(3)16(20-14)18-10-5-2/h6-7,9,11H,4-5,8,10H2,1-3H3,(H,18,19,20). The van der Waals surface area contributed by atoms with Gasteiger partial charge in [0.05, 0.1) is 11.4 Å². The molecule has 0 atom stereocenters. The summed E-state index contributed by atoms with van der Waals surface area (Å²) < 4.78 is 0.